The highest BCUT2D eigenvalue weighted by Gasteiger charge is 2.22. The van der Waals surface area contributed by atoms with E-state index in [2.05, 4.69) is 5.32 Å². The first-order valence-electron chi connectivity index (χ1n) is 7.53. The summed E-state index contributed by atoms with van der Waals surface area (Å²) < 4.78 is 5.56. The largest absolute Gasteiger partial charge is 0.484 e. The third-order valence-electron chi connectivity index (χ3n) is 3.71. The standard InChI is InChI=1S/C18H18ClNO2S/c1-12-3-2-4-14(9-12)22-11-18(21)20-16-7-8-23-17-6-5-13(19)10-15(16)17/h2-6,9-10,16H,7-8,11H2,1H3,(H,20,21). The van der Waals surface area contributed by atoms with Crippen molar-refractivity contribution in [2.45, 2.75) is 24.3 Å². The molecule has 0 spiro atoms. The molecule has 3 nitrogen and oxygen atoms in total. The van der Waals surface area contributed by atoms with Gasteiger partial charge < -0.3 is 10.1 Å². The zero-order valence-electron chi connectivity index (χ0n) is 12.8. The van der Waals surface area contributed by atoms with Crippen LogP contribution in [0.4, 0.5) is 0 Å². The van der Waals surface area contributed by atoms with Crippen LogP contribution in [0.1, 0.15) is 23.6 Å². The number of halogens is 1. The van der Waals surface area contributed by atoms with Gasteiger partial charge in [-0.25, -0.2) is 0 Å². The van der Waals surface area contributed by atoms with E-state index in [0.717, 1.165) is 23.3 Å². The van der Waals surface area contributed by atoms with Crippen LogP contribution in [0.15, 0.2) is 47.4 Å². The fourth-order valence-corrected chi connectivity index (χ4v) is 3.89. The number of nitrogens with one attached hydrogen (secondary N) is 1. The van der Waals surface area contributed by atoms with E-state index in [1.54, 1.807) is 11.8 Å². The van der Waals surface area contributed by atoms with E-state index in [1.165, 1.54) is 4.90 Å². The zero-order chi connectivity index (χ0) is 16.2. The number of aryl methyl sites for hydroxylation is 1. The molecule has 1 atom stereocenters. The molecule has 5 heteroatoms. The maximum absolute atomic E-state index is 12.2. The molecule has 2 aromatic rings. The number of carbonyl (C=O) groups excluding carboxylic acids is 1. The first kappa shape index (κ1) is 16.2. The van der Waals surface area contributed by atoms with Gasteiger partial charge in [0.25, 0.3) is 5.91 Å². The minimum atomic E-state index is -0.116. The molecule has 120 valence electrons. The topological polar surface area (TPSA) is 38.3 Å². The Kier molecular flexibility index (Phi) is 5.13. The van der Waals surface area contributed by atoms with Gasteiger partial charge in [-0.05, 0) is 54.8 Å². The molecule has 1 heterocycles. The summed E-state index contributed by atoms with van der Waals surface area (Å²) in [6, 6.07) is 13.5. The quantitative estimate of drug-likeness (QED) is 0.891. The van der Waals surface area contributed by atoms with Crippen molar-refractivity contribution in [1.82, 2.24) is 5.32 Å². The number of fused-ring (bicyclic) bond motifs is 1. The number of hydrogen-bond acceptors (Lipinski definition) is 3. The zero-order valence-corrected chi connectivity index (χ0v) is 14.4. The van der Waals surface area contributed by atoms with Gasteiger partial charge in [-0.3, -0.25) is 4.79 Å². The first-order chi connectivity index (χ1) is 11.1. The number of benzene rings is 2. The Bertz CT molecular complexity index is 720. The van der Waals surface area contributed by atoms with Crippen LogP contribution in [0.5, 0.6) is 5.75 Å². The maximum atomic E-state index is 12.2. The van der Waals surface area contributed by atoms with Gasteiger partial charge in [0.05, 0.1) is 6.04 Å². The van der Waals surface area contributed by atoms with Crippen molar-refractivity contribution in [3.63, 3.8) is 0 Å². The lowest BCUT2D eigenvalue weighted by Crippen LogP contribution is -2.34. The molecule has 1 aliphatic heterocycles. The molecule has 0 saturated heterocycles. The predicted molar refractivity (Wildman–Crippen MR) is 94.4 cm³/mol. The Balaban J connectivity index is 1.62. The molecule has 1 aliphatic rings. The summed E-state index contributed by atoms with van der Waals surface area (Å²) in [5.41, 5.74) is 2.20. The molecular weight excluding hydrogens is 330 g/mol. The minimum absolute atomic E-state index is 0.00133. The van der Waals surface area contributed by atoms with Gasteiger partial charge in [0, 0.05) is 15.7 Å². The lowest BCUT2D eigenvalue weighted by atomic mass is 10.0. The van der Waals surface area contributed by atoms with Gasteiger partial charge >= 0.3 is 0 Å². The Labute approximate surface area is 145 Å². The molecule has 2 aromatic carbocycles. The average Bonchev–Trinajstić information content (AvgIpc) is 2.54. The van der Waals surface area contributed by atoms with Gasteiger partial charge in [-0.2, -0.15) is 0 Å². The Morgan fingerprint density at radius 3 is 3.04 bits per heavy atom. The second-order valence-corrected chi connectivity index (χ2v) is 7.12. The Hall–Kier alpha value is -1.65. The first-order valence-corrected chi connectivity index (χ1v) is 8.89. The summed E-state index contributed by atoms with van der Waals surface area (Å²) in [6.45, 7) is 2.01. The van der Waals surface area contributed by atoms with Gasteiger partial charge in [0.1, 0.15) is 5.75 Å². The molecule has 0 radical (unpaired) electrons. The number of carbonyl (C=O) groups is 1. The highest BCUT2D eigenvalue weighted by Crippen LogP contribution is 2.37. The summed E-state index contributed by atoms with van der Waals surface area (Å²) in [6.07, 6.45) is 0.897. The van der Waals surface area contributed by atoms with Crippen LogP contribution in [0.3, 0.4) is 0 Å². The second kappa shape index (κ2) is 7.28. The van der Waals surface area contributed by atoms with Crippen LogP contribution in [0, 0.1) is 6.92 Å². The third-order valence-corrected chi connectivity index (χ3v) is 5.06. The molecular formula is C18H18ClNO2S. The molecule has 0 aliphatic carbocycles. The Morgan fingerprint density at radius 2 is 2.22 bits per heavy atom. The van der Waals surface area contributed by atoms with Crippen molar-refractivity contribution in [1.29, 1.82) is 0 Å². The molecule has 0 saturated carbocycles. The van der Waals surface area contributed by atoms with Crippen molar-refractivity contribution >= 4 is 29.3 Å². The summed E-state index contributed by atoms with van der Waals surface area (Å²) in [7, 11) is 0. The summed E-state index contributed by atoms with van der Waals surface area (Å²) in [5.74, 6) is 1.58. The van der Waals surface area contributed by atoms with Gasteiger partial charge in [-0.15, -0.1) is 11.8 Å². The smallest absolute Gasteiger partial charge is 0.258 e. The molecule has 0 fully saturated rings. The van der Waals surface area contributed by atoms with E-state index < -0.39 is 0 Å². The fourth-order valence-electron chi connectivity index (χ4n) is 2.61. The molecule has 23 heavy (non-hydrogen) atoms. The molecule has 0 bridgehead atoms. The average molecular weight is 348 g/mol. The van der Waals surface area contributed by atoms with E-state index in [4.69, 9.17) is 16.3 Å². The monoisotopic (exact) mass is 347 g/mol. The molecule has 3 rings (SSSR count). The number of hydrogen-bond donors (Lipinski definition) is 1. The molecule has 1 unspecified atom stereocenters. The van der Waals surface area contributed by atoms with Gasteiger partial charge in [0.15, 0.2) is 6.61 Å². The molecule has 1 amide bonds. The number of rotatable bonds is 4. The summed E-state index contributed by atoms with van der Waals surface area (Å²) >= 11 is 7.89. The number of thioether (sulfide) groups is 1. The Morgan fingerprint density at radius 1 is 1.35 bits per heavy atom. The third kappa shape index (κ3) is 4.21. The summed E-state index contributed by atoms with van der Waals surface area (Å²) in [5, 5.41) is 3.75. The van der Waals surface area contributed by atoms with E-state index >= 15 is 0 Å². The fraction of sp³-hybridized carbons (Fsp3) is 0.278. The van der Waals surface area contributed by atoms with Crippen molar-refractivity contribution in [3.8, 4) is 5.75 Å². The minimum Gasteiger partial charge on any atom is -0.484 e. The SMILES string of the molecule is Cc1cccc(OCC(=O)NC2CCSc3ccc(Cl)cc32)c1. The number of amides is 1. The van der Waals surface area contributed by atoms with Crippen LogP contribution in [0.2, 0.25) is 5.02 Å². The van der Waals surface area contributed by atoms with Crippen molar-refractivity contribution in [2.75, 3.05) is 12.4 Å². The van der Waals surface area contributed by atoms with Gasteiger partial charge in [-0.1, -0.05) is 23.7 Å². The van der Waals surface area contributed by atoms with E-state index in [9.17, 15) is 4.79 Å². The molecule has 1 N–H and O–H groups in total. The van der Waals surface area contributed by atoms with Crippen molar-refractivity contribution in [3.05, 3.63) is 58.6 Å². The lowest BCUT2D eigenvalue weighted by Gasteiger charge is -2.26. The normalized spacial score (nSPS) is 16.5. The van der Waals surface area contributed by atoms with Crippen molar-refractivity contribution < 1.29 is 9.53 Å². The van der Waals surface area contributed by atoms with Crippen LogP contribution in [-0.2, 0) is 4.79 Å². The van der Waals surface area contributed by atoms with Crippen LogP contribution in [-0.4, -0.2) is 18.3 Å². The van der Waals surface area contributed by atoms with E-state index in [0.29, 0.717) is 10.8 Å². The predicted octanol–water partition coefficient (Wildman–Crippen LogP) is 4.38. The maximum Gasteiger partial charge on any atom is 0.258 e. The van der Waals surface area contributed by atoms with Crippen LogP contribution >= 0.6 is 23.4 Å². The van der Waals surface area contributed by atoms with Crippen molar-refractivity contribution in [2.24, 2.45) is 0 Å². The van der Waals surface area contributed by atoms with E-state index in [-0.39, 0.29) is 18.6 Å². The van der Waals surface area contributed by atoms with Crippen LogP contribution < -0.4 is 10.1 Å². The van der Waals surface area contributed by atoms with Gasteiger partial charge in [0.2, 0.25) is 0 Å². The highest BCUT2D eigenvalue weighted by atomic mass is 35.5. The summed E-state index contributed by atoms with van der Waals surface area (Å²) in [4.78, 5) is 13.4. The lowest BCUT2D eigenvalue weighted by molar-refractivity contribution is -0.123. The highest BCUT2D eigenvalue weighted by molar-refractivity contribution is 7.99. The van der Waals surface area contributed by atoms with Crippen LogP contribution in [0.25, 0.3) is 0 Å². The number of ether oxygens (including phenoxy) is 1. The van der Waals surface area contributed by atoms with E-state index in [1.807, 2.05) is 49.4 Å². The second-order valence-electron chi connectivity index (χ2n) is 5.54. The molecule has 0 aromatic heterocycles.